The molecule has 6 heteroatoms. The molecule has 4 aromatic carbocycles. The van der Waals surface area contributed by atoms with Crippen LogP contribution in [0.1, 0.15) is 28.4 Å². The Bertz CT molecular complexity index is 1360. The number of aliphatic hydroxyl groups is 1. The van der Waals surface area contributed by atoms with Gasteiger partial charge >= 0.3 is 0 Å². The summed E-state index contributed by atoms with van der Waals surface area (Å²) in [5.74, 6) is 2.81. The highest BCUT2D eigenvalue weighted by Gasteiger charge is 2.38. The first kappa shape index (κ1) is 27.6. The largest absolute Gasteiger partial charge is 0.493 e. The van der Waals surface area contributed by atoms with Crippen LogP contribution in [0, 0.1) is 11.8 Å². The van der Waals surface area contributed by atoms with E-state index in [2.05, 4.69) is 6.07 Å². The van der Waals surface area contributed by atoms with Gasteiger partial charge in [0.2, 0.25) is 0 Å². The molecule has 1 fully saturated rings. The Morgan fingerprint density at radius 2 is 1.25 bits per heavy atom. The monoisotopic (exact) mass is 540 g/mol. The van der Waals surface area contributed by atoms with E-state index in [1.54, 1.807) is 14.2 Å². The highest BCUT2D eigenvalue weighted by atomic mass is 16.5. The van der Waals surface area contributed by atoms with Crippen LogP contribution >= 0.6 is 0 Å². The number of rotatable bonds is 12. The first-order valence-electron chi connectivity index (χ1n) is 13.6. The lowest BCUT2D eigenvalue weighted by Gasteiger charge is -2.22. The fraction of sp³-hybridized carbons (Fsp3) is 0.294. The summed E-state index contributed by atoms with van der Waals surface area (Å²) in [7, 11) is 3.29. The Labute approximate surface area is 236 Å². The van der Waals surface area contributed by atoms with Gasteiger partial charge in [-0.2, -0.15) is 0 Å². The molecule has 0 spiro atoms. The van der Waals surface area contributed by atoms with Crippen LogP contribution in [0.25, 0.3) is 0 Å². The molecule has 1 aliphatic rings. The van der Waals surface area contributed by atoms with E-state index in [1.807, 2.05) is 91.0 Å². The van der Waals surface area contributed by atoms with E-state index in [9.17, 15) is 5.11 Å². The van der Waals surface area contributed by atoms with E-state index in [-0.39, 0.29) is 24.5 Å². The molecule has 208 valence electrons. The van der Waals surface area contributed by atoms with Crippen molar-refractivity contribution in [1.29, 1.82) is 0 Å². The maximum absolute atomic E-state index is 10.4. The molecule has 0 unspecified atom stereocenters. The van der Waals surface area contributed by atoms with Crippen LogP contribution in [0.4, 0.5) is 0 Å². The van der Waals surface area contributed by atoms with Crippen molar-refractivity contribution >= 4 is 0 Å². The van der Waals surface area contributed by atoms with E-state index < -0.39 is 0 Å². The smallest absolute Gasteiger partial charge is 0.161 e. The average molecular weight is 541 g/mol. The van der Waals surface area contributed by atoms with Crippen LogP contribution in [0.2, 0.25) is 0 Å². The van der Waals surface area contributed by atoms with Crippen LogP contribution < -0.4 is 18.9 Å². The maximum Gasteiger partial charge on any atom is 0.161 e. The molecular formula is C34H36O6. The zero-order valence-corrected chi connectivity index (χ0v) is 23.0. The minimum absolute atomic E-state index is 0.0271. The molecule has 4 aromatic rings. The maximum atomic E-state index is 10.4. The quantitative estimate of drug-likeness (QED) is 0.224. The Kier molecular flexibility index (Phi) is 9.22. The van der Waals surface area contributed by atoms with E-state index >= 15 is 0 Å². The van der Waals surface area contributed by atoms with E-state index in [4.69, 9.17) is 23.7 Å². The van der Waals surface area contributed by atoms with Crippen LogP contribution in [0.5, 0.6) is 23.0 Å². The second-order valence-corrected chi connectivity index (χ2v) is 10.0. The number of hydrogen-bond acceptors (Lipinski definition) is 6. The van der Waals surface area contributed by atoms with E-state index in [0.29, 0.717) is 42.8 Å². The molecule has 0 radical (unpaired) electrons. The summed E-state index contributed by atoms with van der Waals surface area (Å²) in [4.78, 5) is 0. The molecule has 40 heavy (non-hydrogen) atoms. The van der Waals surface area contributed by atoms with E-state index in [0.717, 1.165) is 28.7 Å². The van der Waals surface area contributed by atoms with Gasteiger partial charge in [-0.05, 0) is 58.9 Å². The average Bonchev–Trinajstić information content (AvgIpc) is 3.42. The third-order valence-corrected chi connectivity index (χ3v) is 7.41. The Hall–Kier alpha value is -4.00. The highest BCUT2D eigenvalue weighted by Crippen LogP contribution is 2.43. The number of methoxy groups -OCH3 is 2. The summed E-state index contributed by atoms with van der Waals surface area (Å²) in [5.41, 5.74) is 4.26. The van der Waals surface area contributed by atoms with Gasteiger partial charge in [-0.1, -0.05) is 72.8 Å². The Balaban J connectivity index is 1.24. The minimum Gasteiger partial charge on any atom is -0.493 e. The topological polar surface area (TPSA) is 66.4 Å². The van der Waals surface area contributed by atoms with Gasteiger partial charge in [-0.15, -0.1) is 0 Å². The fourth-order valence-corrected chi connectivity index (χ4v) is 5.23. The summed E-state index contributed by atoms with van der Waals surface area (Å²) >= 11 is 0. The SMILES string of the molecule is COc1cc(C[C@@H]2CO[C@@H](c3ccc(OCc4ccccc4)c(OC)c3)[C@@H]2CO)ccc1OCc1ccccc1. The summed E-state index contributed by atoms with van der Waals surface area (Å²) in [5, 5.41) is 10.4. The van der Waals surface area contributed by atoms with Crippen molar-refractivity contribution in [2.45, 2.75) is 25.7 Å². The van der Waals surface area contributed by atoms with Crippen LogP contribution in [-0.2, 0) is 24.4 Å². The molecule has 6 nitrogen and oxygen atoms in total. The fourth-order valence-electron chi connectivity index (χ4n) is 5.23. The summed E-state index contributed by atoms with van der Waals surface area (Å²) in [6, 6.07) is 32.0. The molecule has 1 heterocycles. The van der Waals surface area contributed by atoms with Gasteiger partial charge in [0.05, 0.1) is 26.9 Å². The number of benzene rings is 4. The van der Waals surface area contributed by atoms with Gasteiger partial charge in [0.15, 0.2) is 23.0 Å². The predicted molar refractivity (Wildman–Crippen MR) is 154 cm³/mol. The first-order valence-corrected chi connectivity index (χ1v) is 13.6. The Morgan fingerprint density at radius 1 is 0.675 bits per heavy atom. The number of ether oxygens (including phenoxy) is 5. The molecule has 1 aliphatic heterocycles. The van der Waals surface area contributed by atoms with Gasteiger partial charge in [0, 0.05) is 12.5 Å². The van der Waals surface area contributed by atoms with Crippen molar-refractivity contribution in [1.82, 2.24) is 0 Å². The molecule has 1 N–H and O–H groups in total. The molecule has 0 saturated carbocycles. The lowest BCUT2D eigenvalue weighted by Crippen LogP contribution is -2.21. The third kappa shape index (κ3) is 6.58. The van der Waals surface area contributed by atoms with Gasteiger partial charge in [-0.25, -0.2) is 0 Å². The van der Waals surface area contributed by atoms with Crippen molar-refractivity contribution < 1.29 is 28.8 Å². The van der Waals surface area contributed by atoms with Gasteiger partial charge < -0.3 is 28.8 Å². The molecule has 0 aromatic heterocycles. The lowest BCUT2D eigenvalue weighted by molar-refractivity contribution is 0.0716. The highest BCUT2D eigenvalue weighted by molar-refractivity contribution is 5.45. The third-order valence-electron chi connectivity index (χ3n) is 7.41. The molecule has 0 aliphatic carbocycles. The van der Waals surface area contributed by atoms with Gasteiger partial charge in [-0.3, -0.25) is 0 Å². The Morgan fingerprint density at radius 3 is 1.82 bits per heavy atom. The lowest BCUT2D eigenvalue weighted by atomic mass is 9.84. The van der Waals surface area contributed by atoms with Crippen molar-refractivity contribution in [3.63, 3.8) is 0 Å². The normalized spacial score (nSPS) is 18.3. The molecule has 0 amide bonds. The molecule has 5 rings (SSSR count). The predicted octanol–water partition coefficient (Wildman–Crippen LogP) is 6.40. The van der Waals surface area contributed by atoms with Crippen LogP contribution in [-0.4, -0.2) is 32.5 Å². The van der Waals surface area contributed by atoms with Gasteiger partial charge in [0.25, 0.3) is 0 Å². The summed E-state index contributed by atoms with van der Waals surface area (Å²) < 4.78 is 29.6. The first-order chi connectivity index (χ1) is 19.7. The number of hydrogen-bond donors (Lipinski definition) is 1. The molecule has 1 saturated heterocycles. The summed E-state index contributed by atoms with van der Waals surface area (Å²) in [6.45, 7) is 1.51. The summed E-state index contributed by atoms with van der Waals surface area (Å²) in [6.07, 6.45) is 0.523. The van der Waals surface area contributed by atoms with Crippen LogP contribution in [0.3, 0.4) is 0 Å². The van der Waals surface area contributed by atoms with Crippen molar-refractivity contribution in [3.05, 3.63) is 119 Å². The molecule has 3 atom stereocenters. The molecule has 0 bridgehead atoms. The zero-order valence-electron chi connectivity index (χ0n) is 23.0. The second kappa shape index (κ2) is 13.4. The molecular weight excluding hydrogens is 504 g/mol. The van der Waals surface area contributed by atoms with Crippen LogP contribution in [0.15, 0.2) is 97.1 Å². The second-order valence-electron chi connectivity index (χ2n) is 10.0. The standard InChI is InChI=1S/C34H36O6/c1-36-32-18-26(13-15-30(32)38-21-24-9-5-3-6-10-24)17-28-23-40-34(29(28)20-35)27-14-16-31(33(19-27)37-2)39-22-25-11-7-4-8-12-25/h3-16,18-19,28-29,34-35H,17,20-23H2,1-2H3/t28-,29-,34+/m1/s1. The van der Waals surface area contributed by atoms with Crippen molar-refractivity contribution in [2.24, 2.45) is 11.8 Å². The zero-order chi connectivity index (χ0) is 27.7. The minimum atomic E-state index is -0.234. The van der Waals surface area contributed by atoms with Gasteiger partial charge in [0.1, 0.15) is 13.2 Å². The van der Waals surface area contributed by atoms with Crippen molar-refractivity contribution in [2.75, 3.05) is 27.4 Å². The van der Waals surface area contributed by atoms with E-state index in [1.165, 1.54) is 0 Å². The van der Waals surface area contributed by atoms with Crippen molar-refractivity contribution in [3.8, 4) is 23.0 Å². The number of aliphatic hydroxyl groups excluding tert-OH is 1.